The second-order valence-corrected chi connectivity index (χ2v) is 5.54. The summed E-state index contributed by atoms with van der Waals surface area (Å²) < 4.78 is 0. The Hall–Kier alpha value is -1.09. The first-order valence-electron chi connectivity index (χ1n) is 7.13. The van der Waals surface area contributed by atoms with Crippen molar-refractivity contribution in [3.05, 3.63) is 23.9 Å². The summed E-state index contributed by atoms with van der Waals surface area (Å²) in [5.41, 5.74) is 1.33. The fourth-order valence-corrected chi connectivity index (χ4v) is 2.27. The van der Waals surface area contributed by atoms with Crippen molar-refractivity contribution in [2.75, 3.05) is 18.0 Å². The van der Waals surface area contributed by atoms with Crippen molar-refractivity contribution in [2.24, 2.45) is 5.92 Å². The van der Waals surface area contributed by atoms with Crippen molar-refractivity contribution in [3.63, 3.8) is 0 Å². The van der Waals surface area contributed by atoms with Gasteiger partial charge in [0.1, 0.15) is 5.82 Å². The lowest BCUT2D eigenvalue weighted by Gasteiger charge is -2.27. The van der Waals surface area contributed by atoms with Crippen molar-refractivity contribution in [2.45, 2.75) is 46.2 Å². The fraction of sp³-hybridized carbons (Fsp3) is 0.667. The van der Waals surface area contributed by atoms with E-state index in [1.54, 1.807) is 0 Å². The number of anilines is 1. The largest absolute Gasteiger partial charge is 0.353 e. The number of rotatable bonds is 7. The van der Waals surface area contributed by atoms with Gasteiger partial charge in [0.05, 0.1) is 0 Å². The van der Waals surface area contributed by atoms with Crippen molar-refractivity contribution in [3.8, 4) is 0 Å². The molecule has 1 fully saturated rings. The maximum absolute atomic E-state index is 4.63. The zero-order valence-electron chi connectivity index (χ0n) is 11.8. The molecule has 0 amide bonds. The Kier molecular flexibility index (Phi) is 4.59. The van der Waals surface area contributed by atoms with Gasteiger partial charge in [0.15, 0.2) is 0 Å². The molecule has 1 saturated carbocycles. The highest BCUT2D eigenvalue weighted by Crippen LogP contribution is 2.32. The Labute approximate surface area is 111 Å². The molecular weight excluding hydrogens is 222 g/mol. The third kappa shape index (κ3) is 3.45. The molecule has 18 heavy (non-hydrogen) atoms. The summed E-state index contributed by atoms with van der Waals surface area (Å²) in [6, 6.07) is 4.96. The van der Waals surface area contributed by atoms with Gasteiger partial charge < -0.3 is 10.2 Å². The first-order valence-corrected chi connectivity index (χ1v) is 7.13. The quantitative estimate of drug-likeness (QED) is 0.803. The Balaban J connectivity index is 2.17. The van der Waals surface area contributed by atoms with Gasteiger partial charge in [-0.15, -0.1) is 0 Å². The predicted molar refractivity (Wildman–Crippen MR) is 76.8 cm³/mol. The molecule has 1 N–H and O–H groups in total. The second kappa shape index (κ2) is 6.19. The van der Waals surface area contributed by atoms with Crippen LogP contribution in [-0.2, 0) is 6.54 Å². The fourth-order valence-electron chi connectivity index (χ4n) is 2.27. The van der Waals surface area contributed by atoms with E-state index < -0.39 is 0 Å². The summed E-state index contributed by atoms with van der Waals surface area (Å²) in [5, 5.41) is 3.41. The number of hydrogen-bond donors (Lipinski definition) is 1. The highest BCUT2D eigenvalue weighted by molar-refractivity contribution is 5.49. The van der Waals surface area contributed by atoms with Gasteiger partial charge in [-0.1, -0.05) is 26.8 Å². The molecule has 3 nitrogen and oxygen atoms in total. The first-order chi connectivity index (χ1) is 8.72. The van der Waals surface area contributed by atoms with Gasteiger partial charge in [0.25, 0.3) is 0 Å². The third-order valence-electron chi connectivity index (χ3n) is 3.25. The van der Waals surface area contributed by atoms with Gasteiger partial charge in [-0.3, -0.25) is 0 Å². The van der Waals surface area contributed by atoms with Crippen LogP contribution in [0.3, 0.4) is 0 Å². The molecule has 0 atom stereocenters. The van der Waals surface area contributed by atoms with Crippen molar-refractivity contribution < 1.29 is 0 Å². The van der Waals surface area contributed by atoms with Crippen molar-refractivity contribution >= 4 is 5.82 Å². The number of nitrogens with zero attached hydrogens (tertiary/aromatic N) is 2. The van der Waals surface area contributed by atoms with Crippen LogP contribution in [0.1, 0.15) is 39.2 Å². The van der Waals surface area contributed by atoms with E-state index in [0.29, 0.717) is 5.92 Å². The molecule has 0 aliphatic heterocycles. The van der Waals surface area contributed by atoms with Crippen molar-refractivity contribution in [1.82, 2.24) is 10.3 Å². The molecule has 1 aromatic rings. The van der Waals surface area contributed by atoms with E-state index in [9.17, 15) is 0 Å². The van der Waals surface area contributed by atoms with Crippen LogP contribution in [-0.4, -0.2) is 24.1 Å². The highest BCUT2D eigenvalue weighted by Gasteiger charge is 2.31. The average molecular weight is 247 g/mol. The number of hydrogen-bond acceptors (Lipinski definition) is 3. The van der Waals surface area contributed by atoms with Gasteiger partial charge in [0, 0.05) is 30.9 Å². The molecule has 1 aliphatic rings. The topological polar surface area (TPSA) is 28.2 Å². The number of aromatic nitrogens is 1. The van der Waals surface area contributed by atoms with E-state index in [1.165, 1.54) is 24.2 Å². The summed E-state index contributed by atoms with van der Waals surface area (Å²) in [7, 11) is 0. The zero-order valence-corrected chi connectivity index (χ0v) is 11.8. The zero-order chi connectivity index (χ0) is 13.0. The SMILES string of the molecule is CCNCc1cccnc1N(CC(C)C)C1CC1. The minimum Gasteiger partial charge on any atom is -0.353 e. The molecule has 1 aliphatic carbocycles. The molecule has 2 rings (SSSR count). The van der Waals surface area contributed by atoms with Crippen molar-refractivity contribution in [1.29, 1.82) is 0 Å². The average Bonchev–Trinajstić information content (AvgIpc) is 3.18. The number of pyridine rings is 1. The van der Waals surface area contributed by atoms with Gasteiger partial charge >= 0.3 is 0 Å². The highest BCUT2D eigenvalue weighted by atomic mass is 15.2. The van der Waals surface area contributed by atoms with Gasteiger partial charge in [-0.25, -0.2) is 4.98 Å². The Morgan fingerprint density at radius 3 is 2.83 bits per heavy atom. The summed E-state index contributed by atoms with van der Waals surface area (Å²) in [6.07, 6.45) is 4.56. The van der Waals surface area contributed by atoms with Crippen LogP contribution in [0.4, 0.5) is 5.82 Å². The molecule has 0 radical (unpaired) electrons. The van der Waals surface area contributed by atoms with Crippen LogP contribution in [0, 0.1) is 5.92 Å². The molecule has 1 heterocycles. The summed E-state index contributed by atoms with van der Waals surface area (Å²) >= 11 is 0. The molecule has 3 heteroatoms. The first kappa shape index (κ1) is 13.3. The minimum atomic E-state index is 0.680. The van der Waals surface area contributed by atoms with Crippen LogP contribution in [0.25, 0.3) is 0 Å². The molecule has 0 spiro atoms. The van der Waals surface area contributed by atoms with E-state index in [0.717, 1.165) is 25.7 Å². The van der Waals surface area contributed by atoms with E-state index in [4.69, 9.17) is 0 Å². The smallest absolute Gasteiger partial charge is 0.133 e. The molecule has 0 saturated heterocycles. The predicted octanol–water partition coefficient (Wildman–Crippen LogP) is 2.82. The normalized spacial score (nSPS) is 15.1. The maximum atomic E-state index is 4.63. The Bertz CT molecular complexity index is 372. The second-order valence-electron chi connectivity index (χ2n) is 5.54. The lowest BCUT2D eigenvalue weighted by molar-refractivity contribution is 0.598. The van der Waals surface area contributed by atoms with Gasteiger partial charge in [-0.2, -0.15) is 0 Å². The van der Waals surface area contributed by atoms with E-state index in [-0.39, 0.29) is 0 Å². The lowest BCUT2D eigenvalue weighted by atomic mass is 10.1. The Morgan fingerprint density at radius 2 is 2.22 bits per heavy atom. The van der Waals surface area contributed by atoms with Crippen LogP contribution >= 0.6 is 0 Å². The van der Waals surface area contributed by atoms with E-state index in [2.05, 4.69) is 42.0 Å². The molecule has 0 bridgehead atoms. The lowest BCUT2D eigenvalue weighted by Crippen LogP contribution is -2.32. The van der Waals surface area contributed by atoms with E-state index in [1.807, 2.05) is 12.3 Å². The summed E-state index contributed by atoms with van der Waals surface area (Å²) in [5.74, 6) is 1.87. The van der Waals surface area contributed by atoms with E-state index >= 15 is 0 Å². The molecule has 100 valence electrons. The Morgan fingerprint density at radius 1 is 1.44 bits per heavy atom. The van der Waals surface area contributed by atoms with Crippen LogP contribution < -0.4 is 10.2 Å². The minimum absolute atomic E-state index is 0.680. The summed E-state index contributed by atoms with van der Waals surface area (Å²) in [6.45, 7) is 9.73. The standard InChI is InChI=1S/C15H25N3/c1-4-16-10-13-6-5-9-17-15(13)18(11-12(2)3)14-7-8-14/h5-6,9,12,14,16H,4,7-8,10-11H2,1-3H3. The molecular formula is C15H25N3. The van der Waals surface area contributed by atoms with Crippen LogP contribution in [0.15, 0.2) is 18.3 Å². The van der Waals surface area contributed by atoms with Crippen LogP contribution in [0.2, 0.25) is 0 Å². The number of nitrogens with one attached hydrogen (secondary N) is 1. The molecule has 0 aromatic carbocycles. The van der Waals surface area contributed by atoms with Gasteiger partial charge in [0.2, 0.25) is 0 Å². The van der Waals surface area contributed by atoms with Gasteiger partial charge in [-0.05, 0) is 31.4 Å². The molecule has 0 unspecified atom stereocenters. The monoisotopic (exact) mass is 247 g/mol. The summed E-state index contributed by atoms with van der Waals surface area (Å²) in [4.78, 5) is 7.14. The maximum Gasteiger partial charge on any atom is 0.133 e. The third-order valence-corrected chi connectivity index (χ3v) is 3.25. The van der Waals surface area contributed by atoms with Crippen LogP contribution in [0.5, 0.6) is 0 Å². The molecule has 1 aromatic heterocycles.